The number of carbonyl (C=O) groups is 4. The van der Waals surface area contributed by atoms with Crippen LogP contribution in [0.2, 0.25) is 0 Å². The van der Waals surface area contributed by atoms with Crippen molar-refractivity contribution in [3.8, 4) is 0 Å². The van der Waals surface area contributed by atoms with Crippen molar-refractivity contribution in [1.29, 1.82) is 0 Å². The lowest BCUT2D eigenvalue weighted by Gasteiger charge is -2.49. The van der Waals surface area contributed by atoms with Crippen molar-refractivity contribution in [2.45, 2.75) is 36.4 Å². The number of nitrogens with one attached hydrogen (secondary N) is 2. The molecule has 402 valence electrons. The van der Waals surface area contributed by atoms with Crippen molar-refractivity contribution in [2.75, 3.05) is 30.9 Å². The summed E-state index contributed by atoms with van der Waals surface area (Å²) >= 11 is 2.65. The number of nitrogens with zero attached hydrogens (tertiary/aromatic N) is 4. The standard InChI is InChI=1S/C64H56N6O8S2/c1-44(2)41-77-62(74)76-39-38-75-60(73)56-46(36-35-45-22-21-37-65-40-45)42-79-59-55(58(72)70(56)59)67-57(71)54(69-78-64(50-29-15-6-16-30-50,51-31-17-7-18-32-51)52-33-19-8-20-34-52)53-43-80-61(66-53)68-63(47-23-9-3-10-24-47,48-25-11-4-12-26-48)49-27-13-5-14-28-49/h3-37,40,43-44,55,59H,38-39,41-42H2,1-2H3,(H,66,68)(H,67,71)/b36-35-,69-54?/t55-,59+/m1/s1. The number of esters is 1. The van der Waals surface area contributed by atoms with E-state index >= 15 is 4.79 Å². The first-order valence-corrected chi connectivity index (χ1v) is 28.0. The van der Waals surface area contributed by atoms with Gasteiger partial charge in [-0.3, -0.25) is 19.5 Å². The van der Waals surface area contributed by atoms with Gasteiger partial charge in [0.15, 0.2) is 10.8 Å². The summed E-state index contributed by atoms with van der Waals surface area (Å²) in [6.45, 7) is 3.38. The number of thioether (sulfide) groups is 1. The number of pyridine rings is 1. The third-order valence-electron chi connectivity index (χ3n) is 13.4. The van der Waals surface area contributed by atoms with Crippen LogP contribution in [0.25, 0.3) is 6.08 Å². The Morgan fingerprint density at radius 2 is 1.21 bits per heavy atom. The molecule has 0 radical (unpaired) electrons. The molecule has 2 aromatic heterocycles. The predicted molar refractivity (Wildman–Crippen MR) is 310 cm³/mol. The summed E-state index contributed by atoms with van der Waals surface area (Å²) in [5.41, 5.74) is 3.94. The molecule has 80 heavy (non-hydrogen) atoms. The molecule has 0 unspecified atom stereocenters. The molecule has 0 spiro atoms. The van der Waals surface area contributed by atoms with Gasteiger partial charge in [0.25, 0.3) is 11.8 Å². The zero-order valence-electron chi connectivity index (χ0n) is 43.8. The second-order valence-electron chi connectivity index (χ2n) is 19.1. The average Bonchev–Trinajstić information content (AvgIpc) is 3.66. The average molecular weight is 1100 g/mol. The number of β-lactam (4-membered cyclic amide) rings is 1. The van der Waals surface area contributed by atoms with Crippen molar-refractivity contribution < 1.29 is 38.2 Å². The van der Waals surface area contributed by atoms with Gasteiger partial charge < -0.3 is 29.7 Å². The summed E-state index contributed by atoms with van der Waals surface area (Å²) in [6, 6.07) is 61.8. The summed E-state index contributed by atoms with van der Waals surface area (Å²) in [6.07, 6.45) is 5.97. The number of hydrogen-bond donors (Lipinski definition) is 2. The Bertz CT molecular complexity index is 3300. The van der Waals surface area contributed by atoms with Crippen LogP contribution in [0.1, 0.15) is 58.5 Å². The highest BCUT2D eigenvalue weighted by Crippen LogP contribution is 2.44. The maximum atomic E-state index is 15.4. The fourth-order valence-corrected chi connectivity index (χ4v) is 11.7. The van der Waals surface area contributed by atoms with Gasteiger partial charge in [0.05, 0.1) is 6.61 Å². The minimum Gasteiger partial charge on any atom is -0.457 e. The van der Waals surface area contributed by atoms with E-state index in [9.17, 15) is 14.4 Å². The van der Waals surface area contributed by atoms with E-state index in [-0.39, 0.29) is 48.6 Å². The molecule has 4 heterocycles. The van der Waals surface area contributed by atoms with Crippen LogP contribution in [0.15, 0.2) is 234 Å². The molecule has 0 bridgehead atoms. The first-order valence-electron chi connectivity index (χ1n) is 26.0. The van der Waals surface area contributed by atoms with E-state index in [4.69, 9.17) is 29.2 Å². The normalized spacial score (nSPS) is 15.4. The highest BCUT2D eigenvalue weighted by Gasteiger charge is 2.55. The number of carbonyl (C=O) groups excluding carboxylic acids is 4. The van der Waals surface area contributed by atoms with Crippen molar-refractivity contribution in [1.82, 2.24) is 20.2 Å². The van der Waals surface area contributed by atoms with E-state index in [1.54, 1.807) is 36.0 Å². The summed E-state index contributed by atoms with van der Waals surface area (Å²) < 4.78 is 15.8. The number of amides is 2. The minimum atomic E-state index is -1.39. The Labute approximate surface area is 472 Å². The van der Waals surface area contributed by atoms with E-state index in [1.807, 2.05) is 166 Å². The van der Waals surface area contributed by atoms with E-state index in [0.29, 0.717) is 10.7 Å². The Kier molecular flexibility index (Phi) is 17.0. The Morgan fingerprint density at radius 3 is 1.73 bits per heavy atom. The van der Waals surface area contributed by atoms with E-state index in [1.165, 1.54) is 28.0 Å². The van der Waals surface area contributed by atoms with Gasteiger partial charge in [-0.2, -0.15) is 0 Å². The quantitative estimate of drug-likeness (QED) is 0.0175. The number of rotatable bonds is 21. The molecule has 14 nitrogen and oxygen atoms in total. The van der Waals surface area contributed by atoms with Gasteiger partial charge in [-0.25, -0.2) is 14.6 Å². The second-order valence-corrected chi connectivity index (χ2v) is 21.1. The smallest absolute Gasteiger partial charge is 0.457 e. The molecule has 6 aromatic carbocycles. The number of oxime groups is 1. The molecule has 1 saturated heterocycles. The van der Waals surface area contributed by atoms with E-state index < -0.39 is 46.5 Å². The molecule has 2 atom stereocenters. The zero-order valence-corrected chi connectivity index (χ0v) is 45.4. The van der Waals surface area contributed by atoms with Gasteiger partial charge in [-0.1, -0.05) is 219 Å². The minimum absolute atomic E-state index is 0.00341. The maximum Gasteiger partial charge on any atom is 0.508 e. The van der Waals surface area contributed by atoms with Crippen LogP contribution in [-0.4, -0.2) is 81.5 Å². The summed E-state index contributed by atoms with van der Waals surface area (Å²) in [4.78, 5) is 73.9. The van der Waals surface area contributed by atoms with Crippen LogP contribution in [0, 0.1) is 5.92 Å². The summed E-state index contributed by atoms with van der Waals surface area (Å²) in [5.74, 6) is -1.75. The van der Waals surface area contributed by atoms with Crippen LogP contribution in [0.4, 0.5) is 9.93 Å². The molecule has 16 heteroatoms. The summed E-state index contributed by atoms with van der Waals surface area (Å²) in [5, 5.41) is 13.1. The van der Waals surface area contributed by atoms with Crippen LogP contribution in [-0.2, 0) is 44.6 Å². The lowest BCUT2D eigenvalue weighted by molar-refractivity contribution is -0.153. The molecule has 0 saturated carbocycles. The highest BCUT2D eigenvalue weighted by molar-refractivity contribution is 8.00. The van der Waals surface area contributed by atoms with Crippen LogP contribution < -0.4 is 10.6 Å². The number of fused-ring (bicyclic) bond motifs is 1. The fraction of sp³-hybridized carbons (Fsp3) is 0.172. The van der Waals surface area contributed by atoms with Gasteiger partial charge >= 0.3 is 12.1 Å². The number of thiazole rings is 1. The Hall–Kier alpha value is -9.12. The zero-order chi connectivity index (χ0) is 55.3. The molecular formula is C64H56N6O8S2. The Morgan fingerprint density at radius 1 is 0.688 bits per heavy atom. The number of allylic oxidation sites excluding steroid dienone is 1. The van der Waals surface area contributed by atoms with Gasteiger partial charge in [0, 0.05) is 40.2 Å². The van der Waals surface area contributed by atoms with Crippen molar-refractivity contribution >= 4 is 64.0 Å². The monoisotopic (exact) mass is 1100 g/mol. The fourth-order valence-electron chi connectivity index (χ4n) is 9.62. The first-order chi connectivity index (χ1) is 39.2. The highest BCUT2D eigenvalue weighted by atomic mass is 32.2. The lowest BCUT2D eigenvalue weighted by Crippen LogP contribution is -2.71. The Balaban J connectivity index is 1.02. The third kappa shape index (κ3) is 11.7. The van der Waals surface area contributed by atoms with Crippen molar-refractivity contribution in [3.63, 3.8) is 0 Å². The molecular weight excluding hydrogens is 1040 g/mol. The third-order valence-corrected chi connectivity index (χ3v) is 15.5. The molecule has 8 aromatic rings. The molecule has 0 aliphatic carbocycles. The largest absolute Gasteiger partial charge is 0.508 e. The number of benzene rings is 6. The number of aromatic nitrogens is 2. The molecule has 10 rings (SSSR count). The van der Waals surface area contributed by atoms with Gasteiger partial charge in [0.1, 0.15) is 41.6 Å². The lowest BCUT2D eigenvalue weighted by atomic mass is 9.77. The SMILES string of the molecule is CC(C)COC(=O)OCCOC(=O)C1=C(/C=C\c2cccnc2)CS[C@H]2[C@H](NC(=O)C(=NOC(c3ccccc3)(c3ccccc3)c3ccccc3)c3csc(NC(c4ccccc4)(c4ccccc4)c4ccccc4)n3)C(=O)N12. The van der Waals surface area contributed by atoms with Gasteiger partial charge in [0.2, 0.25) is 5.60 Å². The van der Waals surface area contributed by atoms with Gasteiger partial charge in [-0.05, 0) is 39.8 Å². The van der Waals surface area contributed by atoms with E-state index in [2.05, 4.69) is 52.0 Å². The van der Waals surface area contributed by atoms with Crippen molar-refractivity contribution in [2.24, 2.45) is 11.1 Å². The van der Waals surface area contributed by atoms with E-state index in [0.717, 1.165) is 38.9 Å². The maximum absolute atomic E-state index is 15.4. The molecule has 2 aliphatic heterocycles. The predicted octanol–water partition coefficient (Wildman–Crippen LogP) is 11.4. The number of anilines is 1. The van der Waals surface area contributed by atoms with Crippen molar-refractivity contribution in [3.05, 3.63) is 274 Å². The summed E-state index contributed by atoms with van der Waals surface area (Å²) in [7, 11) is 0. The van der Waals surface area contributed by atoms with Crippen LogP contribution in [0.5, 0.6) is 0 Å². The van der Waals surface area contributed by atoms with Crippen LogP contribution in [0.3, 0.4) is 0 Å². The topological polar surface area (TPSA) is 171 Å². The second kappa shape index (κ2) is 25.1. The molecule has 2 amide bonds. The van der Waals surface area contributed by atoms with Crippen LogP contribution >= 0.6 is 23.1 Å². The first kappa shape index (κ1) is 54.2. The van der Waals surface area contributed by atoms with Gasteiger partial charge in [-0.15, -0.1) is 23.1 Å². The molecule has 2 aliphatic rings. The number of ether oxygens (including phenoxy) is 3. The number of hydrogen-bond acceptors (Lipinski definition) is 14. The molecule has 2 N–H and O–H groups in total. The molecule has 1 fully saturated rings.